The highest BCUT2D eigenvalue weighted by molar-refractivity contribution is 8.69. The first-order chi connectivity index (χ1) is 8.58. The van der Waals surface area contributed by atoms with Crippen molar-refractivity contribution in [1.82, 2.24) is 4.90 Å². The van der Waals surface area contributed by atoms with Crippen molar-refractivity contribution in [3.8, 4) is 0 Å². The number of rotatable bonds is 9. The van der Waals surface area contributed by atoms with Gasteiger partial charge in [0.1, 0.15) is 0 Å². The predicted molar refractivity (Wildman–Crippen MR) is 77.4 cm³/mol. The monoisotopic (exact) mass is 295 g/mol. The normalized spacial score (nSPS) is 18.1. The van der Waals surface area contributed by atoms with Crippen LogP contribution in [0.4, 0.5) is 0 Å². The Morgan fingerprint density at radius 1 is 0.944 bits per heavy atom. The lowest BCUT2D eigenvalue weighted by Crippen LogP contribution is -2.30. The molecular weight excluding hydrogens is 270 g/mol. The van der Waals surface area contributed by atoms with E-state index in [-0.39, 0.29) is 0 Å². The second kappa shape index (κ2) is 9.18. The van der Waals surface area contributed by atoms with Crippen LogP contribution in [0.15, 0.2) is 0 Å². The standard InChI is InChI=1S/C12H25NO3S2/c14-18(15,16)17-12-8-3-1-2-5-9-13-10-6-4-7-11-13/h1-12H2,(H,14,15,16). The quantitative estimate of drug-likeness (QED) is 0.402. The molecule has 0 saturated carbocycles. The van der Waals surface area contributed by atoms with Gasteiger partial charge < -0.3 is 4.90 Å². The summed E-state index contributed by atoms with van der Waals surface area (Å²) in [5, 5.41) is 0. The van der Waals surface area contributed by atoms with E-state index in [1.165, 1.54) is 58.2 Å². The average molecular weight is 295 g/mol. The fourth-order valence-corrected chi connectivity index (χ4v) is 3.83. The Hall–Kier alpha value is 0.220. The largest absolute Gasteiger partial charge is 0.319 e. The molecular formula is C12H25NO3S2. The number of piperidine rings is 1. The van der Waals surface area contributed by atoms with E-state index in [0.29, 0.717) is 16.5 Å². The van der Waals surface area contributed by atoms with Crippen molar-refractivity contribution in [2.24, 2.45) is 0 Å². The topological polar surface area (TPSA) is 57.6 Å². The number of hydrogen-bond acceptors (Lipinski definition) is 4. The molecule has 1 aliphatic heterocycles. The first kappa shape index (κ1) is 16.3. The fourth-order valence-electron chi connectivity index (χ4n) is 2.32. The SMILES string of the molecule is O=S(=O)(O)SCCCCCCCN1CCCCC1. The van der Waals surface area contributed by atoms with Gasteiger partial charge in [-0.05, 0) is 56.1 Å². The highest BCUT2D eigenvalue weighted by atomic mass is 33.1. The predicted octanol–water partition coefficient (Wildman–Crippen LogP) is 2.96. The highest BCUT2D eigenvalue weighted by Gasteiger charge is 2.08. The van der Waals surface area contributed by atoms with Gasteiger partial charge in [0.25, 0.3) is 0 Å². The number of unbranched alkanes of at least 4 members (excludes halogenated alkanes) is 4. The molecule has 4 nitrogen and oxygen atoms in total. The smallest absolute Gasteiger partial charge is 0.303 e. The summed E-state index contributed by atoms with van der Waals surface area (Å²) in [6, 6.07) is 0. The molecule has 0 bridgehead atoms. The maximum Gasteiger partial charge on any atom is 0.319 e. The molecule has 0 radical (unpaired) electrons. The number of nitrogens with zero attached hydrogens (tertiary/aromatic N) is 1. The van der Waals surface area contributed by atoms with Crippen molar-refractivity contribution in [3.05, 3.63) is 0 Å². The van der Waals surface area contributed by atoms with Gasteiger partial charge in [0.15, 0.2) is 0 Å². The second-order valence-corrected chi connectivity index (χ2v) is 8.39. The van der Waals surface area contributed by atoms with E-state index in [1.807, 2.05) is 0 Å². The molecule has 1 rings (SSSR count). The molecule has 0 aromatic rings. The highest BCUT2D eigenvalue weighted by Crippen LogP contribution is 2.14. The van der Waals surface area contributed by atoms with E-state index in [4.69, 9.17) is 4.55 Å². The molecule has 108 valence electrons. The van der Waals surface area contributed by atoms with Gasteiger partial charge in [-0.3, -0.25) is 4.55 Å². The maximum atomic E-state index is 10.5. The van der Waals surface area contributed by atoms with Crippen molar-refractivity contribution < 1.29 is 13.0 Å². The van der Waals surface area contributed by atoms with Crippen molar-refractivity contribution >= 4 is 19.9 Å². The Morgan fingerprint density at radius 3 is 2.22 bits per heavy atom. The molecule has 0 atom stereocenters. The third-order valence-corrected chi connectivity index (χ3v) is 5.45. The van der Waals surface area contributed by atoms with Crippen LogP contribution >= 0.6 is 10.8 Å². The lowest BCUT2D eigenvalue weighted by atomic mass is 10.1. The molecule has 1 saturated heterocycles. The summed E-state index contributed by atoms with van der Waals surface area (Å²) in [5.41, 5.74) is 0. The summed E-state index contributed by atoms with van der Waals surface area (Å²) >= 11 is 0. The van der Waals surface area contributed by atoms with Gasteiger partial charge >= 0.3 is 9.15 Å². The Kier molecular flexibility index (Phi) is 8.30. The molecule has 0 aliphatic carbocycles. The lowest BCUT2D eigenvalue weighted by molar-refractivity contribution is 0.224. The third kappa shape index (κ3) is 9.19. The van der Waals surface area contributed by atoms with Crippen LogP contribution in [0, 0.1) is 0 Å². The molecule has 0 spiro atoms. The molecule has 1 aliphatic rings. The van der Waals surface area contributed by atoms with Crippen molar-refractivity contribution in [3.63, 3.8) is 0 Å². The van der Waals surface area contributed by atoms with E-state index < -0.39 is 9.15 Å². The zero-order chi connectivity index (χ0) is 13.3. The van der Waals surface area contributed by atoms with Crippen LogP contribution in [0.2, 0.25) is 0 Å². The minimum absolute atomic E-state index is 0.505. The number of hydrogen-bond donors (Lipinski definition) is 1. The molecule has 18 heavy (non-hydrogen) atoms. The van der Waals surface area contributed by atoms with Crippen molar-refractivity contribution in [1.29, 1.82) is 0 Å². The van der Waals surface area contributed by atoms with Gasteiger partial charge in [0.2, 0.25) is 0 Å². The lowest BCUT2D eigenvalue weighted by Gasteiger charge is -2.26. The van der Waals surface area contributed by atoms with Crippen LogP contribution in [0.5, 0.6) is 0 Å². The molecule has 0 unspecified atom stereocenters. The van der Waals surface area contributed by atoms with Crippen LogP contribution in [0.3, 0.4) is 0 Å². The van der Waals surface area contributed by atoms with Gasteiger partial charge in [0.05, 0.1) is 0 Å². The molecule has 1 fully saturated rings. The van der Waals surface area contributed by atoms with E-state index >= 15 is 0 Å². The summed E-state index contributed by atoms with van der Waals surface area (Å²) in [4.78, 5) is 2.55. The Bertz CT molecular complexity index is 300. The Balaban J connectivity index is 1.83. The van der Waals surface area contributed by atoms with Gasteiger partial charge in [-0.15, -0.1) is 0 Å². The van der Waals surface area contributed by atoms with Crippen LogP contribution in [-0.4, -0.2) is 43.3 Å². The van der Waals surface area contributed by atoms with Gasteiger partial charge in [-0.1, -0.05) is 25.7 Å². The third-order valence-electron chi connectivity index (χ3n) is 3.30. The van der Waals surface area contributed by atoms with Gasteiger partial charge in [-0.2, -0.15) is 8.42 Å². The summed E-state index contributed by atoms with van der Waals surface area (Å²) in [7, 11) is -3.19. The minimum Gasteiger partial charge on any atom is -0.303 e. The van der Waals surface area contributed by atoms with Gasteiger partial charge in [-0.25, -0.2) is 0 Å². The summed E-state index contributed by atoms with van der Waals surface area (Å²) in [6.45, 7) is 3.76. The van der Waals surface area contributed by atoms with Crippen molar-refractivity contribution in [2.45, 2.75) is 51.4 Å². The second-order valence-electron chi connectivity index (χ2n) is 4.92. The summed E-state index contributed by atoms with van der Waals surface area (Å²) < 4.78 is 29.4. The van der Waals surface area contributed by atoms with E-state index in [0.717, 1.165) is 12.8 Å². The summed E-state index contributed by atoms with van der Waals surface area (Å²) in [5.74, 6) is 0.505. The first-order valence-electron chi connectivity index (χ1n) is 6.92. The minimum atomic E-state index is -3.83. The molecule has 0 aromatic carbocycles. The molecule has 0 aromatic heterocycles. The molecule has 1 heterocycles. The molecule has 6 heteroatoms. The number of likely N-dealkylation sites (tertiary alicyclic amines) is 1. The van der Waals surface area contributed by atoms with Crippen LogP contribution in [-0.2, 0) is 9.15 Å². The van der Waals surface area contributed by atoms with Gasteiger partial charge in [0, 0.05) is 5.75 Å². The fraction of sp³-hybridized carbons (Fsp3) is 1.00. The van der Waals surface area contributed by atoms with E-state index in [2.05, 4.69) is 4.90 Å². The van der Waals surface area contributed by atoms with Crippen LogP contribution < -0.4 is 0 Å². The van der Waals surface area contributed by atoms with Crippen LogP contribution in [0.1, 0.15) is 51.4 Å². The molecule has 0 amide bonds. The average Bonchev–Trinajstić information content (AvgIpc) is 2.32. The zero-order valence-corrected chi connectivity index (χ0v) is 12.6. The van der Waals surface area contributed by atoms with E-state index in [9.17, 15) is 8.42 Å². The van der Waals surface area contributed by atoms with E-state index in [1.54, 1.807) is 0 Å². The van der Waals surface area contributed by atoms with Crippen LogP contribution in [0.25, 0.3) is 0 Å². The Morgan fingerprint density at radius 2 is 1.56 bits per heavy atom. The zero-order valence-electron chi connectivity index (χ0n) is 11.0. The molecule has 1 N–H and O–H groups in total. The maximum absolute atomic E-state index is 10.5. The Labute approximate surface area is 115 Å². The van der Waals surface area contributed by atoms with Crippen molar-refractivity contribution in [2.75, 3.05) is 25.4 Å². The summed E-state index contributed by atoms with van der Waals surface area (Å²) in [6.07, 6.45) is 9.68. The first-order valence-corrected chi connectivity index (χ1v) is 9.86.